The lowest BCUT2D eigenvalue weighted by molar-refractivity contribution is -0.138. The predicted molar refractivity (Wildman–Crippen MR) is 131 cm³/mol. The second-order valence-electron chi connectivity index (χ2n) is 11.9. The largest absolute Gasteiger partial charge is 0.396 e. The number of aliphatic hydroxyl groups excluding tert-OH is 3. The summed E-state index contributed by atoms with van der Waals surface area (Å²) >= 11 is 0. The highest BCUT2D eigenvalue weighted by atomic mass is 16.5. The van der Waals surface area contributed by atoms with E-state index in [2.05, 4.69) is 33.8 Å². The molecule has 0 bridgehead atoms. The van der Waals surface area contributed by atoms with Crippen molar-refractivity contribution in [1.29, 1.82) is 0 Å². The minimum Gasteiger partial charge on any atom is -0.396 e. The average Bonchev–Trinajstić information content (AvgIpc) is 3.08. The van der Waals surface area contributed by atoms with Crippen LogP contribution in [0, 0.1) is 34.5 Å². The molecular formula is C28H46O5. The summed E-state index contributed by atoms with van der Waals surface area (Å²) < 4.78 is 5.73. The Morgan fingerprint density at radius 2 is 1.94 bits per heavy atom. The van der Waals surface area contributed by atoms with Gasteiger partial charge in [-0.15, -0.1) is 0 Å². The SMILES string of the molecule is CO[C@@H](/C=C(\C)[C@H]1CC[C@@H](C2=C[C@H](O)[C@H]3C[C@@H](O)CC[C@]3(C)C2=O)[C@]1(C)CCO)CC(C)C. The molecule has 33 heavy (non-hydrogen) atoms. The molecule has 0 aromatic heterocycles. The van der Waals surface area contributed by atoms with Crippen LogP contribution in [0.2, 0.25) is 0 Å². The van der Waals surface area contributed by atoms with Crippen LogP contribution in [-0.4, -0.2) is 53.1 Å². The Hall–Kier alpha value is -1.01. The lowest BCUT2D eigenvalue weighted by Crippen LogP contribution is -2.52. The van der Waals surface area contributed by atoms with Gasteiger partial charge in [0.2, 0.25) is 0 Å². The zero-order valence-electron chi connectivity index (χ0n) is 21.5. The van der Waals surface area contributed by atoms with E-state index in [1.807, 2.05) is 6.92 Å². The monoisotopic (exact) mass is 462 g/mol. The Balaban J connectivity index is 1.94. The van der Waals surface area contributed by atoms with Crippen LogP contribution in [0.3, 0.4) is 0 Å². The van der Waals surface area contributed by atoms with Crippen LogP contribution in [0.1, 0.15) is 79.6 Å². The number of carbonyl (C=O) groups excluding carboxylic acids is 1. The number of Topliss-reactive ketones (excluding diaryl/α,β-unsaturated/α-hetero) is 1. The highest BCUT2D eigenvalue weighted by Crippen LogP contribution is 2.59. The summed E-state index contributed by atoms with van der Waals surface area (Å²) in [5.41, 5.74) is 1.15. The Bertz CT molecular complexity index is 770. The maximum absolute atomic E-state index is 13.9. The molecule has 8 atom stereocenters. The van der Waals surface area contributed by atoms with Gasteiger partial charge in [-0.3, -0.25) is 4.79 Å². The topological polar surface area (TPSA) is 87.0 Å². The van der Waals surface area contributed by atoms with Crippen LogP contribution in [0.5, 0.6) is 0 Å². The number of allylic oxidation sites excluding steroid dienone is 2. The zero-order valence-corrected chi connectivity index (χ0v) is 21.5. The van der Waals surface area contributed by atoms with Crippen LogP contribution in [-0.2, 0) is 9.53 Å². The number of aliphatic hydroxyl groups is 3. The molecule has 2 saturated carbocycles. The molecule has 0 heterocycles. The number of ketones is 1. The zero-order chi connectivity index (χ0) is 24.6. The first-order valence-electron chi connectivity index (χ1n) is 12.9. The van der Waals surface area contributed by atoms with Crippen molar-refractivity contribution in [2.24, 2.45) is 34.5 Å². The van der Waals surface area contributed by atoms with Crippen molar-refractivity contribution in [3.8, 4) is 0 Å². The molecule has 0 amide bonds. The molecule has 5 nitrogen and oxygen atoms in total. The van der Waals surface area contributed by atoms with Gasteiger partial charge in [-0.2, -0.15) is 0 Å². The van der Waals surface area contributed by atoms with E-state index in [9.17, 15) is 20.1 Å². The van der Waals surface area contributed by atoms with Gasteiger partial charge in [-0.1, -0.05) is 39.3 Å². The highest BCUT2D eigenvalue weighted by molar-refractivity contribution is 6.01. The van der Waals surface area contributed by atoms with Gasteiger partial charge in [-0.25, -0.2) is 0 Å². The van der Waals surface area contributed by atoms with Gasteiger partial charge in [0.15, 0.2) is 5.78 Å². The van der Waals surface area contributed by atoms with E-state index in [1.54, 1.807) is 13.2 Å². The maximum atomic E-state index is 13.9. The molecule has 5 heteroatoms. The van der Waals surface area contributed by atoms with Crippen molar-refractivity contribution in [2.45, 2.75) is 97.9 Å². The van der Waals surface area contributed by atoms with Crippen molar-refractivity contribution >= 4 is 5.78 Å². The molecule has 3 N–H and O–H groups in total. The summed E-state index contributed by atoms with van der Waals surface area (Å²) in [6.07, 6.45) is 8.06. The van der Waals surface area contributed by atoms with E-state index in [4.69, 9.17) is 4.74 Å². The first-order chi connectivity index (χ1) is 15.5. The fourth-order valence-electron chi connectivity index (χ4n) is 7.29. The van der Waals surface area contributed by atoms with Crippen molar-refractivity contribution in [3.05, 3.63) is 23.3 Å². The van der Waals surface area contributed by atoms with E-state index < -0.39 is 17.6 Å². The lowest BCUT2D eigenvalue weighted by Gasteiger charge is -2.49. The van der Waals surface area contributed by atoms with E-state index in [1.165, 1.54) is 5.57 Å². The van der Waals surface area contributed by atoms with E-state index in [0.717, 1.165) is 24.8 Å². The molecule has 0 aromatic carbocycles. The smallest absolute Gasteiger partial charge is 0.165 e. The summed E-state index contributed by atoms with van der Waals surface area (Å²) in [7, 11) is 1.76. The molecule has 2 fully saturated rings. The number of carbonyl (C=O) groups is 1. The first kappa shape index (κ1) is 26.6. The highest BCUT2D eigenvalue weighted by Gasteiger charge is 2.56. The molecule has 0 saturated heterocycles. The number of methoxy groups -OCH3 is 1. The second-order valence-corrected chi connectivity index (χ2v) is 11.9. The van der Waals surface area contributed by atoms with Gasteiger partial charge in [0.25, 0.3) is 0 Å². The molecule has 188 valence electrons. The Kier molecular flexibility index (Phi) is 8.31. The number of ether oxygens (including phenoxy) is 1. The average molecular weight is 463 g/mol. The van der Waals surface area contributed by atoms with E-state index in [-0.39, 0.29) is 41.7 Å². The van der Waals surface area contributed by atoms with Gasteiger partial charge in [-0.05, 0) is 86.7 Å². The lowest BCUT2D eigenvalue weighted by atomic mass is 9.55. The Morgan fingerprint density at radius 1 is 1.24 bits per heavy atom. The number of hydrogen-bond donors (Lipinski definition) is 3. The van der Waals surface area contributed by atoms with Crippen molar-refractivity contribution in [3.63, 3.8) is 0 Å². The number of fused-ring (bicyclic) bond motifs is 1. The van der Waals surface area contributed by atoms with Crippen LogP contribution in [0.15, 0.2) is 23.3 Å². The van der Waals surface area contributed by atoms with Gasteiger partial charge in [0.05, 0.1) is 18.3 Å². The third-order valence-corrected chi connectivity index (χ3v) is 9.25. The Labute approximate surface area is 200 Å². The third kappa shape index (κ3) is 5.03. The van der Waals surface area contributed by atoms with Gasteiger partial charge in [0.1, 0.15) is 0 Å². The molecule has 0 unspecified atom stereocenters. The fraction of sp³-hybridized carbons (Fsp3) is 0.821. The van der Waals surface area contributed by atoms with Crippen molar-refractivity contribution < 1.29 is 24.9 Å². The number of rotatable bonds is 8. The van der Waals surface area contributed by atoms with Crippen LogP contribution >= 0.6 is 0 Å². The summed E-state index contributed by atoms with van der Waals surface area (Å²) in [5, 5.41) is 31.2. The quantitative estimate of drug-likeness (QED) is 0.464. The standard InChI is InChI=1S/C28H46O5/c1-17(2)13-20(33-6)14-18(3)22-7-8-23(27(22,4)11-12-29)21-16-25(31)24-15-19(30)9-10-28(24,5)26(21)32/h14,16-17,19-20,22-25,29-31H,7-13,15H2,1-6H3/b18-14+/t19-,20+,22+,23-,24+,25-,27+,28-/m0/s1. The third-order valence-electron chi connectivity index (χ3n) is 9.25. The normalized spacial score (nSPS) is 40.7. The van der Waals surface area contributed by atoms with Crippen LogP contribution in [0.4, 0.5) is 0 Å². The minimum atomic E-state index is -0.712. The van der Waals surface area contributed by atoms with E-state index >= 15 is 0 Å². The Morgan fingerprint density at radius 3 is 2.55 bits per heavy atom. The van der Waals surface area contributed by atoms with Crippen molar-refractivity contribution in [1.82, 2.24) is 0 Å². The van der Waals surface area contributed by atoms with Gasteiger partial charge >= 0.3 is 0 Å². The van der Waals surface area contributed by atoms with Gasteiger partial charge < -0.3 is 20.1 Å². The molecule has 3 aliphatic rings. The van der Waals surface area contributed by atoms with E-state index in [0.29, 0.717) is 31.6 Å². The molecule has 3 aliphatic carbocycles. The second kappa shape index (κ2) is 10.3. The maximum Gasteiger partial charge on any atom is 0.165 e. The molecule has 0 spiro atoms. The summed E-state index contributed by atoms with van der Waals surface area (Å²) in [4.78, 5) is 13.9. The predicted octanol–water partition coefficient (Wildman–Crippen LogP) is 4.45. The molecule has 0 radical (unpaired) electrons. The van der Waals surface area contributed by atoms with Crippen LogP contribution in [0.25, 0.3) is 0 Å². The molecule has 0 aliphatic heterocycles. The van der Waals surface area contributed by atoms with Crippen molar-refractivity contribution in [2.75, 3.05) is 13.7 Å². The summed E-state index contributed by atoms with van der Waals surface area (Å²) in [6.45, 7) is 10.8. The number of hydrogen-bond acceptors (Lipinski definition) is 5. The van der Waals surface area contributed by atoms with Crippen LogP contribution < -0.4 is 0 Å². The minimum absolute atomic E-state index is 0.0101. The fourth-order valence-corrected chi connectivity index (χ4v) is 7.29. The van der Waals surface area contributed by atoms with Gasteiger partial charge in [0, 0.05) is 25.0 Å². The molecule has 0 aromatic rings. The first-order valence-corrected chi connectivity index (χ1v) is 12.9. The molecule has 3 rings (SSSR count). The summed E-state index contributed by atoms with van der Waals surface area (Å²) in [5.74, 6) is 0.725. The summed E-state index contributed by atoms with van der Waals surface area (Å²) in [6, 6.07) is 0. The molecular weight excluding hydrogens is 416 g/mol.